The second kappa shape index (κ2) is 5.17. The van der Waals surface area contributed by atoms with Crippen molar-refractivity contribution < 1.29 is 4.74 Å². The molecule has 28 heavy (non-hydrogen) atoms. The summed E-state index contributed by atoms with van der Waals surface area (Å²) in [5, 5.41) is 21.8. The lowest BCUT2D eigenvalue weighted by Crippen LogP contribution is -2.44. The van der Waals surface area contributed by atoms with E-state index < -0.39 is 5.60 Å². The summed E-state index contributed by atoms with van der Waals surface area (Å²) < 4.78 is 8.93. The third-order valence-corrected chi connectivity index (χ3v) is 5.59. The van der Waals surface area contributed by atoms with Gasteiger partial charge in [0.15, 0.2) is 17.8 Å². The molecule has 138 valence electrons. The van der Waals surface area contributed by atoms with Crippen LogP contribution in [0.15, 0.2) is 41.8 Å². The highest BCUT2D eigenvalue weighted by Crippen LogP contribution is 2.52. The molecule has 1 atom stereocenters. The van der Waals surface area contributed by atoms with Crippen LogP contribution in [0.25, 0.3) is 5.69 Å². The lowest BCUT2D eigenvalue weighted by atomic mass is 10.1. The van der Waals surface area contributed by atoms with E-state index in [-0.39, 0.29) is 6.17 Å². The largest absolute Gasteiger partial charge is 0.372 e. The smallest absolute Gasteiger partial charge is 0.210 e. The van der Waals surface area contributed by atoms with Gasteiger partial charge in [-0.3, -0.25) is 4.57 Å². The van der Waals surface area contributed by atoms with Crippen LogP contribution in [0.5, 0.6) is 0 Å². The number of para-hydroxylation sites is 1. The fourth-order valence-electron chi connectivity index (χ4n) is 4.03. The van der Waals surface area contributed by atoms with E-state index in [0.29, 0.717) is 11.5 Å². The normalized spacial score (nSPS) is 20.5. The van der Waals surface area contributed by atoms with Crippen molar-refractivity contribution in [3.63, 3.8) is 0 Å². The SMILES string of the molecule is COC1(c2nnn(C#N)c2N2C=NC3c4ccccc4-n4cncc4N32)CC1. The topological polar surface area (TPSA) is 100 Å². The number of hydrogen-bond donors (Lipinski definition) is 0. The molecule has 2 aliphatic heterocycles. The lowest BCUT2D eigenvalue weighted by molar-refractivity contribution is 0.0755. The van der Waals surface area contributed by atoms with Crippen LogP contribution in [0.1, 0.15) is 30.3 Å². The maximum absolute atomic E-state index is 9.62. The van der Waals surface area contributed by atoms with Gasteiger partial charge in [0.1, 0.15) is 24.0 Å². The minimum Gasteiger partial charge on any atom is -0.372 e. The van der Waals surface area contributed by atoms with E-state index in [4.69, 9.17) is 9.73 Å². The van der Waals surface area contributed by atoms with Crippen LogP contribution in [0.2, 0.25) is 0 Å². The first-order chi connectivity index (χ1) is 13.8. The number of hydrazine groups is 1. The van der Waals surface area contributed by atoms with Crippen molar-refractivity contribution in [3.8, 4) is 11.9 Å². The Morgan fingerprint density at radius 1 is 1.29 bits per heavy atom. The number of benzene rings is 1. The molecule has 0 amide bonds. The van der Waals surface area contributed by atoms with E-state index >= 15 is 0 Å². The summed E-state index contributed by atoms with van der Waals surface area (Å²) in [6.07, 6.45) is 8.79. The lowest BCUT2D eigenvalue weighted by Gasteiger charge is -2.37. The minimum absolute atomic E-state index is 0.256. The molecule has 1 aliphatic carbocycles. The third kappa shape index (κ3) is 1.78. The monoisotopic (exact) mass is 373 g/mol. The van der Waals surface area contributed by atoms with Crippen LogP contribution < -0.4 is 10.0 Å². The van der Waals surface area contributed by atoms with Crippen LogP contribution in [-0.2, 0) is 10.3 Å². The highest BCUT2D eigenvalue weighted by molar-refractivity contribution is 5.87. The number of rotatable bonds is 3. The average molecular weight is 373 g/mol. The van der Waals surface area contributed by atoms with Gasteiger partial charge >= 0.3 is 0 Å². The Morgan fingerprint density at radius 2 is 2.14 bits per heavy atom. The molecule has 0 saturated heterocycles. The summed E-state index contributed by atoms with van der Waals surface area (Å²) in [4.78, 5) is 9.06. The number of imidazole rings is 1. The summed E-state index contributed by atoms with van der Waals surface area (Å²) >= 11 is 0. The molecule has 0 bridgehead atoms. The number of aromatic nitrogens is 5. The summed E-state index contributed by atoms with van der Waals surface area (Å²) in [5.74, 6) is 1.39. The van der Waals surface area contributed by atoms with E-state index in [1.54, 1.807) is 26.0 Å². The second-order valence-electron chi connectivity index (χ2n) is 6.98. The number of fused-ring (bicyclic) bond motifs is 6. The summed E-state index contributed by atoms with van der Waals surface area (Å²) in [7, 11) is 1.66. The highest BCUT2D eigenvalue weighted by atomic mass is 16.5. The van der Waals surface area contributed by atoms with Crippen molar-refractivity contribution in [1.29, 1.82) is 5.26 Å². The van der Waals surface area contributed by atoms with Gasteiger partial charge in [-0.15, -0.1) is 9.78 Å². The molecule has 0 N–H and O–H groups in total. The van der Waals surface area contributed by atoms with Gasteiger partial charge in [0.05, 0.1) is 11.9 Å². The molecule has 1 saturated carbocycles. The van der Waals surface area contributed by atoms with Crippen molar-refractivity contribution in [2.45, 2.75) is 24.6 Å². The van der Waals surface area contributed by atoms with Gasteiger partial charge in [-0.2, -0.15) is 5.26 Å². The summed E-state index contributed by atoms with van der Waals surface area (Å²) in [6, 6.07) is 8.09. The number of anilines is 2. The zero-order chi connectivity index (χ0) is 18.9. The predicted molar refractivity (Wildman–Crippen MR) is 98.7 cm³/mol. The fraction of sp³-hybridized carbons (Fsp3) is 0.278. The number of aliphatic imine (C=N–C) groups is 1. The Labute approximate surface area is 159 Å². The molecule has 1 fully saturated rings. The number of ether oxygens (including phenoxy) is 1. The fourth-order valence-corrected chi connectivity index (χ4v) is 4.03. The van der Waals surface area contributed by atoms with Gasteiger partial charge in [-0.05, 0) is 18.9 Å². The van der Waals surface area contributed by atoms with E-state index in [2.05, 4.69) is 27.6 Å². The number of hydrogen-bond acceptors (Lipinski definition) is 8. The van der Waals surface area contributed by atoms with Gasteiger partial charge < -0.3 is 4.74 Å². The van der Waals surface area contributed by atoms with E-state index in [9.17, 15) is 5.26 Å². The predicted octanol–water partition coefficient (Wildman–Crippen LogP) is 1.71. The molecule has 0 spiro atoms. The zero-order valence-electron chi connectivity index (χ0n) is 15.0. The molecular weight excluding hydrogens is 358 g/mol. The Bertz CT molecular complexity index is 1170. The number of nitrogens with zero attached hydrogens (tertiary/aromatic N) is 9. The molecular formula is C18H15N9O. The molecule has 1 unspecified atom stereocenters. The van der Waals surface area contributed by atoms with Gasteiger partial charge in [0, 0.05) is 12.7 Å². The first-order valence-electron chi connectivity index (χ1n) is 8.92. The Balaban J connectivity index is 1.54. The van der Waals surface area contributed by atoms with Crippen LogP contribution in [0, 0.1) is 11.5 Å². The van der Waals surface area contributed by atoms with Crippen molar-refractivity contribution in [1.82, 2.24) is 24.5 Å². The van der Waals surface area contributed by atoms with E-state index in [0.717, 1.165) is 29.9 Å². The first kappa shape index (κ1) is 15.4. The maximum atomic E-state index is 9.62. The van der Waals surface area contributed by atoms with Crippen LogP contribution in [-0.4, -0.2) is 38.0 Å². The molecule has 3 aliphatic rings. The molecule has 2 aromatic heterocycles. The Kier molecular flexibility index (Phi) is 2.84. The van der Waals surface area contributed by atoms with Crippen LogP contribution >= 0.6 is 0 Å². The summed E-state index contributed by atoms with van der Waals surface area (Å²) in [5.41, 5.74) is 2.24. The molecule has 6 rings (SSSR count). The number of nitriles is 1. The average Bonchev–Trinajstić information content (AvgIpc) is 3.10. The number of methoxy groups -OCH3 is 1. The van der Waals surface area contributed by atoms with Crippen LogP contribution in [0.4, 0.5) is 11.6 Å². The zero-order valence-corrected chi connectivity index (χ0v) is 15.0. The third-order valence-electron chi connectivity index (χ3n) is 5.59. The van der Waals surface area contributed by atoms with Gasteiger partial charge in [-0.25, -0.2) is 20.0 Å². The van der Waals surface area contributed by atoms with E-state index in [1.165, 1.54) is 4.68 Å². The van der Waals surface area contributed by atoms with Crippen LogP contribution in [0.3, 0.4) is 0 Å². The highest BCUT2D eigenvalue weighted by Gasteiger charge is 2.52. The molecule has 3 aromatic rings. The van der Waals surface area contributed by atoms with Crippen molar-refractivity contribution in [3.05, 3.63) is 48.0 Å². The van der Waals surface area contributed by atoms with Crippen molar-refractivity contribution in [2.75, 3.05) is 17.1 Å². The molecule has 0 radical (unpaired) electrons. The van der Waals surface area contributed by atoms with Gasteiger partial charge in [0.2, 0.25) is 6.19 Å². The van der Waals surface area contributed by atoms with Gasteiger partial charge in [0.25, 0.3) is 0 Å². The van der Waals surface area contributed by atoms with Gasteiger partial charge in [-0.1, -0.05) is 23.4 Å². The summed E-state index contributed by atoms with van der Waals surface area (Å²) in [6.45, 7) is 0. The minimum atomic E-state index is -0.496. The maximum Gasteiger partial charge on any atom is 0.210 e. The quantitative estimate of drug-likeness (QED) is 0.689. The molecule has 10 nitrogen and oxygen atoms in total. The Morgan fingerprint density at radius 3 is 2.93 bits per heavy atom. The molecule has 10 heteroatoms. The van der Waals surface area contributed by atoms with Crippen molar-refractivity contribution in [2.24, 2.45) is 4.99 Å². The van der Waals surface area contributed by atoms with E-state index in [1.807, 2.05) is 32.8 Å². The first-order valence-corrected chi connectivity index (χ1v) is 8.92. The molecule has 4 heterocycles. The molecule has 1 aromatic carbocycles. The second-order valence-corrected chi connectivity index (χ2v) is 6.98. The standard InChI is InChI=1S/C18H15N9O/c1-28-18(6-7-18)15-17(25(9-19)23-22-15)26-11-21-16-12-4-2-3-5-13(12)24-10-20-8-14(24)27(16)26/h2-5,8,10-11,16H,6-7H2,1H3. The Hall–Kier alpha value is -3.71. The van der Waals surface area contributed by atoms with Crippen molar-refractivity contribution >= 4 is 18.0 Å².